The lowest BCUT2D eigenvalue weighted by atomic mass is 9.90. The van der Waals surface area contributed by atoms with Crippen LogP contribution in [0.15, 0.2) is 30.3 Å². The molecule has 0 amide bonds. The molecule has 1 atom stereocenters. The number of hydrogen-bond donors (Lipinski definition) is 1. The minimum atomic E-state index is -1.12. The maximum absolute atomic E-state index is 12.4. The number of hydrogen-bond acceptors (Lipinski definition) is 4. The molecule has 4 heteroatoms. The monoisotopic (exact) mass is 292 g/mol. The molecule has 1 rings (SSSR count). The lowest BCUT2D eigenvalue weighted by molar-refractivity contribution is -0.151. The Morgan fingerprint density at radius 1 is 1.29 bits per heavy atom. The van der Waals surface area contributed by atoms with Crippen molar-refractivity contribution in [1.82, 2.24) is 4.90 Å². The van der Waals surface area contributed by atoms with E-state index in [9.17, 15) is 4.79 Å². The quantitative estimate of drug-likeness (QED) is 0.747. The van der Waals surface area contributed by atoms with E-state index in [4.69, 9.17) is 10.5 Å². The number of ether oxygens (including phenoxy) is 1. The Hall–Kier alpha value is -1.39. The Morgan fingerprint density at radius 3 is 2.38 bits per heavy atom. The summed E-state index contributed by atoms with van der Waals surface area (Å²) in [5, 5.41) is 0. The van der Waals surface area contributed by atoms with Gasteiger partial charge in [0, 0.05) is 13.1 Å². The second-order valence-electron chi connectivity index (χ2n) is 5.78. The van der Waals surface area contributed by atoms with Crippen molar-refractivity contribution < 1.29 is 9.53 Å². The fraction of sp³-hybridized carbons (Fsp3) is 0.588. The van der Waals surface area contributed by atoms with Gasteiger partial charge >= 0.3 is 5.97 Å². The van der Waals surface area contributed by atoms with Crippen LogP contribution in [0.25, 0.3) is 0 Å². The van der Waals surface area contributed by atoms with E-state index in [0.29, 0.717) is 19.1 Å². The van der Waals surface area contributed by atoms with Crippen molar-refractivity contribution in [2.45, 2.75) is 33.2 Å². The van der Waals surface area contributed by atoms with Crippen LogP contribution < -0.4 is 5.73 Å². The van der Waals surface area contributed by atoms with Crippen molar-refractivity contribution in [3.63, 3.8) is 0 Å². The Bertz CT molecular complexity index is 434. The van der Waals surface area contributed by atoms with Gasteiger partial charge in [-0.2, -0.15) is 0 Å². The van der Waals surface area contributed by atoms with Crippen LogP contribution in [0.1, 0.15) is 33.3 Å². The minimum absolute atomic E-state index is 0.334. The molecule has 0 radical (unpaired) electrons. The number of benzene rings is 1. The first-order valence-corrected chi connectivity index (χ1v) is 7.68. The van der Waals surface area contributed by atoms with Gasteiger partial charge in [-0.3, -0.25) is 0 Å². The van der Waals surface area contributed by atoms with Gasteiger partial charge in [0.1, 0.15) is 0 Å². The van der Waals surface area contributed by atoms with E-state index in [-0.39, 0.29) is 5.97 Å². The summed E-state index contributed by atoms with van der Waals surface area (Å²) in [6.07, 6.45) is 0. The number of nitrogens with two attached hydrogens (primary N) is 1. The van der Waals surface area contributed by atoms with Crippen molar-refractivity contribution in [2.24, 2.45) is 11.7 Å². The van der Waals surface area contributed by atoms with Crippen LogP contribution in [0, 0.1) is 5.92 Å². The Kier molecular flexibility index (Phi) is 6.85. The van der Waals surface area contributed by atoms with Crippen molar-refractivity contribution >= 4 is 5.97 Å². The zero-order valence-electron chi connectivity index (χ0n) is 13.6. The van der Waals surface area contributed by atoms with Crippen LogP contribution in [-0.4, -0.2) is 37.1 Å². The SMILES string of the molecule is CCOC(=O)C(N)(CN(CC)CC(C)C)c1ccccc1. The molecule has 2 N–H and O–H groups in total. The van der Waals surface area contributed by atoms with Crippen molar-refractivity contribution in [3.8, 4) is 0 Å². The predicted octanol–water partition coefficient (Wildman–Crippen LogP) is 2.38. The highest BCUT2D eigenvalue weighted by atomic mass is 16.5. The standard InChI is InChI=1S/C17H28N2O2/c1-5-19(12-14(3)4)13-17(18,16(20)21-6-2)15-10-8-7-9-11-15/h7-11,14H,5-6,12-13,18H2,1-4H3. The molecule has 0 aromatic heterocycles. The highest BCUT2D eigenvalue weighted by Gasteiger charge is 2.39. The molecular formula is C17H28N2O2. The minimum Gasteiger partial charge on any atom is -0.464 e. The fourth-order valence-corrected chi connectivity index (χ4v) is 2.44. The maximum Gasteiger partial charge on any atom is 0.332 e. The first-order valence-electron chi connectivity index (χ1n) is 7.68. The number of carbonyl (C=O) groups is 1. The number of esters is 1. The molecule has 1 unspecified atom stereocenters. The topological polar surface area (TPSA) is 55.6 Å². The lowest BCUT2D eigenvalue weighted by Crippen LogP contribution is -2.54. The molecule has 0 spiro atoms. The summed E-state index contributed by atoms with van der Waals surface area (Å²) in [6, 6.07) is 9.49. The second kappa shape index (κ2) is 8.15. The average Bonchev–Trinajstić information content (AvgIpc) is 2.47. The average molecular weight is 292 g/mol. The Balaban J connectivity index is 3.04. The molecule has 0 aliphatic heterocycles. The second-order valence-corrected chi connectivity index (χ2v) is 5.78. The van der Waals surface area contributed by atoms with Crippen molar-refractivity contribution in [1.29, 1.82) is 0 Å². The third kappa shape index (κ3) is 4.83. The fourth-order valence-electron chi connectivity index (χ4n) is 2.44. The lowest BCUT2D eigenvalue weighted by Gasteiger charge is -2.34. The van der Waals surface area contributed by atoms with Crippen LogP contribution in [0.3, 0.4) is 0 Å². The van der Waals surface area contributed by atoms with Gasteiger partial charge in [-0.1, -0.05) is 51.1 Å². The van der Waals surface area contributed by atoms with Gasteiger partial charge in [-0.05, 0) is 24.9 Å². The highest BCUT2D eigenvalue weighted by Crippen LogP contribution is 2.22. The number of rotatable bonds is 8. The summed E-state index contributed by atoms with van der Waals surface area (Å²) in [6.45, 7) is 10.8. The summed E-state index contributed by atoms with van der Waals surface area (Å²) < 4.78 is 5.22. The van der Waals surface area contributed by atoms with Gasteiger partial charge in [0.25, 0.3) is 0 Å². The summed E-state index contributed by atoms with van der Waals surface area (Å²) in [5.74, 6) is 0.158. The van der Waals surface area contributed by atoms with Crippen LogP contribution in [0.4, 0.5) is 0 Å². The van der Waals surface area contributed by atoms with Crippen LogP contribution in [-0.2, 0) is 15.1 Å². The van der Waals surface area contributed by atoms with Gasteiger partial charge in [0.2, 0.25) is 0 Å². The third-order valence-electron chi connectivity index (χ3n) is 3.47. The van der Waals surface area contributed by atoms with Gasteiger partial charge in [0.15, 0.2) is 5.54 Å². The zero-order valence-corrected chi connectivity index (χ0v) is 13.6. The first-order chi connectivity index (χ1) is 9.93. The molecule has 0 saturated heterocycles. The molecular weight excluding hydrogens is 264 g/mol. The third-order valence-corrected chi connectivity index (χ3v) is 3.47. The van der Waals surface area contributed by atoms with Crippen LogP contribution in [0.5, 0.6) is 0 Å². The summed E-state index contributed by atoms with van der Waals surface area (Å²) in [7, 11) is 0. The molecule has 0 bridgehead atoms. The van der Waals surface area contributed by atoms with E-state index < -0.39 is 5.54 Å². The predicted molar refractivity (Wildman–Crippen MR) is 85.9 cm³/mol. The number of nitrogens with zero attached hydrogens (tertiary/aromatic N) is 1. The van der Waals surface area contributed by atoms with Crippen LogP contribution in [0.2, 0.25) is 0 Å². The van der Waals surface area contributed by atoms with Gasteiger partial charge in [-0.25, -0.2) is 4.79 Å². The zero-order chi connectivity index (χ0) is 15.9. The molecule has 0 saturated carbocycles. The first kappa shape index (κ1) is 17.7. The van der Waals surface area contributed by atoms with Gasteiger partial charge in [0.05, 0.1) is 6.61 Å². The maximum atomic E-state index is 12.4. The molecule has 4 nitrogen and oxygen atoms in total. The number of carbonyl (C=O) groups excluding carboxylic acids is 1. The van der Waals surface area contributed by atoms with E-state index in [1.807, 2.05) is 30.3 Å². The molecule has 0 heterocycles. The van der Waals surface area contributed by atoms with Crippen molar-refractivity contribution in [3.05, 3.63) is 35.9 Å². The smallest absolute Gasteiger partial charge is 0.332 e. The molecule has 1 aromatic carbocycles. The van der Waals surface area contributed by atoms with Gasteiger partial charge < -0.3 is 15.4 Å². The van der Waals surface area contributed by atoms with E-state index >= 15 is 0 Å². The summed E-state index contributed by atoms with van der Waals surface area (Å²) in [4.78, 5) is 14.6. The van der Waals surface area contributed by atoms with E-state index in [0.717, 1.165) is 18.7 Å². The molecule has 1 aromatic rings. The Labute approximate surface area is 128 Å². The van der Waals surface area contributed by atoms with Crippen LogP contribution >= 0.6 is 0 Å². The van der Waals surface area contributed by atoms with E-state index in [1.165, 1.54) is 0 Å². The van der Waals surface area contributed by atoms with E-state index in [1.54, 1.807) is 6.92 Å². The van der Waals surface area contributed by atoms with Crippen molar-refractivity contribution in [2.75, 3.05) is 26.2 Å². The largest absolute Gasteiger partial charge is 0.464 e. The normalized spacial score (nSPS) is 14.2. The molecule has 118 valence electrons. The number of likely N-dealkylation sites (N-methyl/N-ethyl adjacent to an activating group) is 1. The molecule has 0 fully saturated rings. The summed E-state index contributed by atoms with van der Waals surface area (Å²) in [5.41, 5.74) is 6.16. The Morgan fingerprint density at radius 2 is 1.90 bits per heavy atom. The summed E-state index contributed by atoms with van der Waals surface area (Å²) >= 11 is 0. The van der Waals surface area contributed by atoms with E-state index in [2.05, 4.69) is 25.7 Å². The molecule has 0 aliphatic carbocycles. The molecule has 0 aliphatic rings. The molecule has 21 heavy (non-hydrogen) atoms. The van der Waals surface area contributed by atoms with Gasteiger partial charge in [-0.15, -0.1) is 0 Å². The highest BCUT2D eigenvalue weighted by molar-refractivity contribution is 5.82.